The Morgan fingerprint density at radius 3 is 2.47 bits per heavy atom. The lowest BCUT2D eigenvalue weighted by molar-refractivity contribution is -0.144. The van der Waals surface area contributed by atoms with Crippen LogP contribution in [-0.2, 0) is 26.2 Å². The summed E-state index contributed by atoms with van der Waals surface area (Å²) in [6.45, 7) is 0.361. The number of nitrogens with one attached hydrogen (secondary N) is 1. The molecule has 0 saturated carbocycles. The summed E-state index contributed by atoms with van der Waals surface area (Å²) >= 11 is 0. The van der Waals surface area contributed by atoms with Crippen molar-refractivity contribution in [3.05, 3.63) is 71.7 Å². The fourth-order valence-electron chi connectivity index (χ4n) is 4.32. The van der Waals surface area contributed by atoms with Crippen molar-refractivity contribution in [2.75, 3.05) is 6.26 Å². The number of hydrogen-bond acceptors (Lipinski definition) is 4. The average molecular weight is 494 g/mol. The van der Waals surface area contributed by atoms with Gasteiger partial charge in [-0.1, -0.05) is 30.3 Å². The number of rotatable bonds is 6. The number of nitrogens with zero attached hydrogens (tertiary/aromatic N) is 2. The Balaban J connectivity index is 1.76. The van der Waals surface area contributed by atoms with Crippen LogP contribution in [0.3, 0.4) is 0 Å². The molecule has 34 heavy (non-hydrogen) atoms. The Labute approximate surface area is 194 Å². The topological polar surface area (TPSA) is 88.5 Å². The Kier molecular flexibility index (Phi) is 5.92. The molecule has 0 aliphatic carbocycles. The minimum Gasteiger partial charge on any atom is -0.345 e. The average Bonchev–Trinajstić information content (AvgIpc) is 3.29. The van der Waals surface area contributed by atoms with Gasteiger partial charge >= 0.3 is 5.92 Å². The first-order valence-corrected chi connectivity index (χ1v) is 12.2. The van der Waals surface area contributed by atoms with E-state index in [1.807, 2.05) is 0 Å². The molecule has 3 aromatic rings. The zero-order valence-corrected chi connectivity index (χ0v) is 19.2. The van der Waals surface area contributed by atoms with Crippen LogP contribution in [0.2, 0.25) is 0 Å². The molecule has 2 amide bonds. The third kappa shape index (κ3) is 4.52. The SMILES string of the molecule is CC(F)(F)C(=O)N[C@@H]1CC(=O)N(Cc2cc(F)cc3c2ccn3S(C)(=O)=O)[C@H]1c1ccccc1. The predicted molar refractivity (Wildman–Crippen MR) is 119 cm³/mol. The first kappa shape index (κ1) is 23.8. The number of halogens is 3. The number of hydrogen-bond donors (Lipinski definition) is 1. The van der Waals surface area contributed by atoms with Gasteiger partial charge in [0.25, 0.3) is 5.91 Å². The molecule has 7 nitrogen and oxygen atoms in total. The second-order valence-electron chi connectivity index (χ2n) is 8.42. The molecule has 0 bridgehead atoms. The second kappa shape index (κ2) is 8.46. The summed E-state index contributed by atoms with van der Waals surface area (Å²) in [6.07, 6.45) is 2.07. The fourth-order valence-corrected chi connectivity index (χ4v) is 5.11. The Bertz CT molecular complexity index is 1370. The molecular weight excluding hydrogens is 471 g/mol. The number of carbonyl (C=O) groups excluding carboxylic acids is 2. The lowest BCUT2D eigenvalue weighted by Gasteiger charge is -2.30. The van der Waals surface area contributed by atoms with Crippen LogP contribution in [0.4, 0.5) is 13.2 Å². The molecule has 1 aliphatic rings. The van der Waals surface area contributed by atoms with Crippen LogP contribution in [-0.4, -0.2) is 47.3 Å². The molecule has 180 valence electrons. The van der Waals surface area contributed by atoms with E-state index in [0.717, 1.165) is 16.3 Å². The first-order chi connectivity index (χ1) is 15.9. The van der Waals surface area contributed by atoms with E-state index in [4.69, 9.17) is 0 Å². The summed E-state index contributed by atoms with van der Waals surface area (Å²) < 4.78 is 66.6. The molecule has 11 heteroatoms. The summed E-state index contributed by atoms with van der Waals surface area (Å²) in [5, 5.41) is 2.71. The summed E-state index contributed by atoms with van der Waals surface area (Å²) in [7, 11) is -3.70. The van der Waals surface area contributed by atoms with E-state index in [1.54, 1.807) is 30.3 Å². The quantitative estimate of drug-likeness (QED) is 0.571. The van der Waals surface area contributed by atoms with Gasteiger partial charge in [-0.05, 0) is 29.3 Å². The van der Waals surface area contributed by atoms with E-state index in [0.29, 0.717) is 23.4 Å². The Morgan fingerprint density at radius 1 is 1.18 bits per heavy atom. The van der Waals surface area contributed by atoms with Crippen molar-refractivity contribution in [2.24, 2.45) is 0 Å². The number of likely N-dealkylation sites (tertiary alicyclic amines) is 1. The first-order valence-electron chi connectivity index (χ1n) is 10.4. The largest absolute Gasteiger partial charge is 0.345 e. The van der Waals surface area contributed by atoms with Crippen molar-refractivity contribution in [3.63, 3.8) is 0 Å². The Morgan fingerprint density at radius 2 is 1.85 bits per heavy atom. The number of aromatic nitrogens is 1. The van der Waals surface area contributed by atoms with Crippen LogP contribution >= 0.6 is 0 Å². The fraction of sp³-hybridized carbons (Fsp3) is 0.304. The van der Waals surface area contributed by atoms with Crippen LogP contribution in [0, 0.1) is 5.82 Å². The molecular formula is C23H22F3N3O4S. The van der Waals surface area contributed by atoms with Gasteiger partial charge in [-0.2, -0.15) is 8.78 Å². The lowest BCUT2D eigenvalue weighted by Crippen LogP contribution is -2.46. The smallest absolute Gasteiger partial charge is 0.321 e. The van der Waals surface area contributed by atoms with Gasteiger partial charge in [0, 0.05) is 31.5 Å². The van der Waals surface area contributed by atoms with Gasteiger partial charge < -0.3 is 10.2 Å². The van der Waals surface area contributed by atoms with Crippen LogP contribution in [0.25, 0.3) is 10.9 Å². The molecule has 0 spiro atoms. The van der Waals surface area contributed by atoms with Gasteiger partial charge in [0.1, 0.15) is 5.82 Å². The van der Waals surface area contributed by atoms with Crippen LogP contribution < -0.4 is 5.32 Å². The molecule has 2 heterocycles. The third-order valence-corrected chi connectivity index (χ3v) is 6.84. The summed E-state index contributed by atoms with van der Waals surface area (Å²) in [4.78, 5) is 26.4. The molecule has 1 aliphatic heterocycles. The van der Waals surface area contributed by atoms with E-state index < -0.39 is 45.7 Å². The minimum absolute atomic E-state index is 0.116. The van der Waals surface area contributed by atoms with Crippen molar-refractivity contribution < 1.29 is 31.2 Å². The third-order valence-electron chi connectivity index (χ3n) is 5.81. The van der Waals surface area contributed by atoms with Gasteiger partial charge in [-0.3, -0.25) is 9.59 Å². The molecule has 2 aromatic carbocycles. The van der Waals surface area contributed by atoms with Gasteiger partial charge in [0.05, 0.1) is 23.9 Å². The van der Waals surface area contributed by atoms with Gasteiger partial charge in [-0.15, -0.1) is 0 Å². The molecule has 0 unspecified atom stereocenters. The normalized spacial score (nSPS) is 19.1. The van der Waals surface area contributed by atoms with E-state index in [2.05, 4.69) is 5.32 Å². The standard InChI is InChI=1S/C23H22F3N3O4S/c1-23(25,26)22(31)27-18-12-20(30)28(21(18)14-6-4-3-5-7-14)13-15-10-16(24)11-19-17(15)8-9-29(19)34(2,32)33/h3-11,18,21H,12-13H2,1-2H3,(H,27,31)/t18-,21+/m1/s1. The monoisotopic (exact) mass is 493 g/mol. The molecule has 0 radical (unpaired) electrons. The van der Waals surface area contributed by atoms with E-state index >= 15 is 0 Å². The summed E-state index contributed by atoms with van der Waals surface area (Å²) in [5.41, 5.74) is 1.08. The molecule has 1 N–H and O–H groups in total. The van der Waals surface area contributed by atoms with Crippen molar-refractivity contribution in [2.45, 2.75) is 37.9 Å². The number of benzene rings is 2. The molecule has 1 aromatic heterocycles. The van der Waals surface area contributed by atoms with Gasteiger partial charge in [0.15, 0.2) is 0 Å². The number of alkyl halides is 2. The lowest BCUT2D eigenvalue weighted by atomic mass is 9.99. The maximum absolute atomic E-state index is 14.5. The highest BCUT2D eigenvalue weighted by Gasteiger charge is 2.44. The molecule has 2 atom stereocenters. The van der Waals surface area contributed by atoms with Crippen molar-refractivity contribution in [1.82, 2.24) is 14.2 Å². The van der Waals surface area contributed by atoms with E-state index in [1.165, 1.54) is 23.2 Å². The van der Waals surface area contributed by atoms with Crippen molar-refractivity contribution in [1.29, 1.82) is 0 Å². The van der Waals surface area contributed by atoms with Crippen LogP contribution in [0.15, 0.2) is 54.7 Å². The minimum atomic E-state index is -3.70. The van der Waals surface area contributed by atoms with E-state index in [9.17, 15) is 31.2 Å². The number of amides is 2. The molecule has 4 rings (SSSR count). The molecule has 1 fully saturated rings. The van der Waals surface area contributed by atoms with Gasteiger partial charge in [0.2, 0.25) is 15.9 Å². The molecule has 1 saturated heterocycles. The summed E-state index contributed by atoms with van der Waals surface area (Å²) in [6, 6.07) is 10.7. The number of fused-ring (bicyclic) bond motifs is 1. The second-order valence-corrected chi connectivity index (χ2v) is 10.3. The number of carbonyl (C=O) groups is 2. The maximum atomic E-state index is 14.5. The van der Waals surface area contributed by atoms with Crippen LogP contribution in [0.5, 0.6) is 0 Å². The highest BCUT2D eigenvalue weighted by molar-refractivity contribution is 7.89. The van der Waals surface area contributed by atoms with Gasteiger partial charge in [-0.25, -0.2) is 16.8 Å². The van der Waals surface area contributed by atoms with Crippen LogP contribution in [0.1, 0.15) is 30.5 Å². The maximum Gasteiger partial charge on any atom is 0.321 e. The highest BCUT2D eigenvalue weighted by Crippen LogP contribution is 2.36. The highest BCUT2D eigenvalue weighted by atomic mass is 32.2. The Hall–Kier alpha value is -3.34. The zero-order chi connectivity index (χ0) is 24.8. The van der Waals surface area contributed by atoms with Crippen molar-refractivity contribution >= 4 is 32.7 Å². The summed E-state index contributed by atoms with van der Waals surface area (Å²) in [5.74, 6) is -6.23. The zero-order valence-electron chi connectivity index (χ0n) is 18.3. The van der Waals surface area contributed by atoms with E-state index in [-0.39, 0.29) is 18.5 Å². The predicted octanol–water partition coefficient (Wildman–Crippen LogP) is 3.20. The van der Waals surface area contributed by atoms with Crippen molar-refractivity contribution in [3.8, 4) is 0 Å².